The first-order chi connectivity index (χ1) is 6.73. The molecule has 0 aliphatic rings. The van der Waals surface area contributed by atoms with E-state index in [0.29, 0.717) is 6.07 Å². The minimum atomic E-state index is -4.27. The molecule has 0 fully saturated rings. The minimum absolute atomic E-state index is 0.556. The van der Waals surface area contributed by atoms with E-state index in [1.54, 1.807) is 0 Å². The van der Waals surface area contributed by atoms with E-state index in [0.717, 1.165) is 0 Å². The van der Waals surface area contributed by atoms with E-state index in [-0.39, 0.29) is 0 Å². The number of alkyl halides is 2. The molecule has 15 heavy (non-hydrogen) atoms. The number of aromatic nitrogens is 1. The van der Waals surface area contributed by atoms with Gasteiger partial charge < -0.3 is 5.11 Å². The molecule has 0 bridgehead atoms. The van der Waals surface area contributed by atoms with Gasteiger partial charge in [-0.05, 0) is 6.07 Å². The Labute approximate surface area is 92.9 Å². The molecule has 1 heterocycles. The molecule has 0 saturated carbocycles. The molecule has 0 saturated heterocycles. The van der Waals surface area contributed by atoms with Crippen molar-refractivity contribution in [3.8, 4) is 5.75 Å². The van der Waals surface area contributed by atoms with E-state index in [4.69, 9.17) is 27.4 Å². The van der Waals surface area contributed by atoms with Crippen LogP contribution >= 0.6 is 22.3 Å². The molecule has 0 aliphatic carbocycles. The van der Waals surface area contributed by atoms with Gasteiger partial charge in [-0.15, -0.1) is 0 Å². The van der Waals surface area contributed by atoms with Gasteiger partial charge in [0.1, 0.15) is 0 Å². The normalized spacial score (nSPS) is 12.1. The molecule has 1 rings (SSSR count). The summed E-state index contributed by atoms with van der Waals surface area (Å²) in [5.41, 5.74) is -1.12. The van der Waals surface area contributed by atoms with Gasteiger partial charge in [-0.1, -0.05) is 11.6 Å². The molecule has 1 aromatic heterocycles. The lowest BCUT2D eigenvalue weighted by Crippen LogP contribution is -2.00. The molecule has 0 atom stereocenters. The second-order valence-corrected chi connectivity index (χ2v) is 5.33. The van der Waals surface area contributed by atoms with Gasteiger partial charge in [-0.25, -0.2) is 22.2 Å². The Morgan fingerprint density at radius 3 is 2.40 bits per heavy atom. The Bertz CT molecular complexity index is 491. The zero-order valence-corrected chi connectivity index (χ0v) is 9.11. The third kappa shape index (κ3) is 2.67. The summed E-state index contributed by atoms with van der Waals surface area (Å²) in [7, 11) is 0.618. The first-order valence-electron chi connectivity index (χ1n) is 3.35. The average molecular weight is 278 g/mol. The average Bonchev–Trinajstić information content (AvgIpc) is 2.06. The first-order valence-corrected chi connectivity index (χ1v) is 6.04. The van der Waals surface area contributed by atoms with Crippen molar-refractivity contribution in [1.29, 1.82) is 0 Å². The molecule has 1 N–H and O–H groups in total. The van der Waals surface area contributed by atoms with E-state index in [1.165, 1.54) is 0 Å². The summed E-state index contributed by atoms with van der Waals surface area (Å²) in [5, 5.41) is 7.66. The molecule has 9 heteroatoms. The van der Waals surface area contributed by atoms with Crippen molar-refractivity contribution in [2.24, 2.45) is 0 Å². The Morgan fingerprint density at radius 2 is 2.00 bits per heavy atom. The largest absolute Gasteiger partial charge is 0.504 e. The van der Waals surface area contributed by atoms with Gasteiger partial charge in [0.05, 0.1) is 5.02 Å². The lowest BCUT2D eigenvalue weighted by atomic mass is 10.3. The highest BCUT2D eigenvalue weighted by Gasteiger charge is 2.23. The number of aromatic hydroxyl groups is 1. The number of nitrogens with zero attached hydrogens (tertiary/aromatic N) is 1. The lowest BCUT2D eigenvalue weighted by molar-refractivity contribution is 0.141. The Balaban J connectivity index is 3.50. The maximum absolute atomic E-state index is 12.3. The third-order valence-corrected chi connectivity index (χ3v) is 2.88. The Kier molecular flexibility index (Phi) is 3.37. The second-order valence-electron chi connectivity index (χ2n) is 2.41. The maximum atomic E-state index is 12.3. The van der Waals surface area contributed by atoms with E-state index in [1.807, 2.05) is 0 Å². The van der Waals surface area contributed by atoms with E-state index in [2.05, 4.69) is 4.98 Å². The van der Waals surface area contributed by atoms with Gasteiger partial charge in [-0.2, -0.15) is 0 Å². The van der Waals surface area contributed by atoms with Crippen molar-refractivity contribution in [1.82, 2.24) is 4.98 Å². The van der Waals surface area contributed by atoms with Crippen molar-refractivity contribution in [3.05, 3.63) is 16.8 Å². The Morgan fingerprint density at radius 1 is 1.47 bits per heavy atom. The van der Waals surface area contributed by atoms with E-state index < -0.39 is 37.0 Å². The van der Waals surface area contributed by atoms with Crippen molar-refractivity contribution in [2.75, 3.05) is 0 Å². The molecule has 4 nitrogen and oxygen atoms in total. The molecule has 0 aromatic carbocycles. The highest BCUT2D eigenvalue weighted by atomic mass is 35.7. The smallest absolute Gasteiger partial charge is 0.284 e. The van der Waals surface area contributed by atoms with Gasteiger partial charge in [-0.3, -0.25) is 0 Å². The number of hydrogen-bond donors (Lipinski definition) is 1. The van der Waals surface area contributed by atoms with Gasteiger partial charge in [0.2, 0.25) is 0 Å². The van der Waals surface area contributed by atoms with Gasteiger partial charge in [0.15, 0.2) is 16.5 Å². The van der Waals surface area contributed by atoms with Crippen molar-refractivity contribution < 1.29 is 22.3 Å². The quantitative estimate of drug-likeness (QED) is 0.843. The standard InChI is InChI=1S/C6H3Cl2F2NO3S/c7-2-1-3(15(8,13)14)11-4(5(2)12)6(9)10/h1,6,12H. The minimum Gasteiger partial charge on any atom is -0.504 e. The summed E-state index contributed by atoms with van der Waals surface area (Å²) in [6, 6.07) is 0.686. The summed E-state index contributed by atoms with van der Waals surface area (Å²) in [4.78, 5) is 3.00. The van der Waals surface area contributed by atoms with Gasteiger partial charge in [0.25, 0.3) is 15.5 Å². The molecule has 0 aliphatic heterocycles. The van der Waals surface area contributed by atoms with Crippen LogP contribution in [0.3, 0.4) is 0 Å². The summed E-state index contributed by atoms with van der Waals surface area (Å²) in [5.74, 6) is -0.962. The fourth-order valence-electron chi connectivity index (χ4n) is 0.780. The summed E-state index contributed by atoms with van der Waals surface area (Å²) >= 11 is 5.32. The van der Waals surface area contributed by atoms with Crippen LogP contribution in [-0.2, 0) is 9.05 Å². The van der Waals surface area contributed by atoms with Gasteiger partial charge in [0, 0.05) is 10.7 Å². The van der Waals surface area contributed by atoms with Gasteiger partial charge >= 0.3 is 0 Å². The monoisotopic (exact) mass is 277 g/mol. The fourth-order valence-corrected chi connectivity index (χ4v) is 1.75. The zero-order valence-electron chi connectivity index (χ0n) is 6.79. The van der Waals surface area contributed by atoms with Crippen LogP contribution in [0, 0.1) is 0 Å². The molecule has 1 aromatic rings. The summed E-state index contributed by atoms with van der Waals surface area (Å²) in [6.07, 6.45) is -3.15. The van der Waals surface area contributed by atoms with Crippen molar-refractivity contribution in [2.45, 2.75) is 11.5 Å². The van der Waals surface area contributed by atoms with Crippen LogP contribution in [0.25, 0.3) is 0 Å². The number of hydrogen-bond acceptors (Lipinski definition) is 4. The van der Waals surface area contributed by atoms with Crippen LogP contribution in [-0.4, -0.2) is 18.5 Å². The van der Waals surface area contributed by atoms with E-state index in [9.17, 15) is 17.2 Å². The molecule has 0 spiro atoms. The van der Waals surface area contributed by atoms with Crippen molar-refractivity contribution in [3.63, 3.8) is 0 Å². The third-order valence-electron chi connectivity index (χ3n) is 1.41. The number of halogens is 4. The molecular weight excluding hydrogens is 275 g/mol. The maximum Gasteiger partial charge on any atom is 0.284 e. The Hall–Kier alpha value is -0.660. The van der Waals surface area contributed by atoms with E-state index >= 15 is 0 Å². The lowest BCUT2D eigenvalue weighted by Gasteiger charge is -2.05. The fraction of sp³-hybridized carbons (Fsp3) is 0.167. The first kappa shape index (κ1) is 12.4. The molecular formula is C6H3Cl2F2NO3S. The van der Waals surface area contributed by atoms with Crippen LogP contribution in [0.2, 0.25) is 5.02 Å². The zero-order chi connectivity index (χ0) is 11.8. The highest BCUT2D eigenvalue weighted by molar-refractivity contribution is 8.13. The van der Waals surface area contributed by atoms with Crippen molar-refractivity contribution >= 4 is 31.3 Å². The predicted molar refractivity (Wildman–Crippen MR) is 48.9 cm³/mol. The van der Waals surface area contributed by atoms with Crippen LogP contribution in [0.5, 0.6) is 5.75 Å². The molecule has 0 radical (unpaired) electrons. The van der Waals surface area contributed by atoms with Crippen LogP contribution in [0.1, 0.15) is 12.1 Å². The summed E-state index contributed by atoms with van der Waals surface area (Å²) < 4.78 is 46.1. The topological polar surface area (TPSA) is 67.3 Å². The molecule has 0 unspecified atom stereocenters. The molecule has 84 valence electrons. The number of rotatable bonds is 2. The van der Waals surface area contributed by atoms with Crippen LogP contribution < -0.4 is 0 Å². The van der Waals surface area contributed by atoms with Crippen LogP contribution in [0.4, 0.5) is 8.78 Å². The SMILES string of the molecule is O=S(=O)(Cl)c1cc(Cl)c(O)c(C(F)F)n1. The number of pyridine rings is 1. The predicted octanol–water partition coefficient (Wildman–Crippen LogP) is 2.31. The highest BCUT2D eigenvalue weighted by Crippen LogP contribution is 2.34. The van der Waals surface area contributed by atoms with Crippen LogP contribution in [0.15, 0.2) is 11.1 Å². The molecule has 0 amide bonds. The summed E-state index contributed by atoms with van der Waals surface area (Å²) in [6.45, 7) is 0. The second kappa shape index (κ2) is 4.07.